The molecule has 0 saturated heterocycles. The molecule has 1 rings (SSSR count). The van der Waals surface area contributed by atoms with E-state index in [1.807, 2.05) is 0 Å². The van der Waals surface area contributed by atoms with Gasteiger partial charge in [0.25, 0.3) is 0 Å². The Morgan fingerprint density at radius 2 is 2.12 bits per heavy atom. The fourth-order valence-electron chi connectivity index (χ4n) is 1.43. The zero-order valence-electron chi connectivity index (χ0n) is 10.5. The Hall–Kier alpha value is 0.100. The van der Waals surface area contributed by atoms with E-state index in [0.29, 0.717) is 12.1 Å². The van der Waals surface area contributed by atoms with Crippen LogP contribution in [0.25, 0.3) is 0 Å². The van der Waals surface area contributed by atoms with Crippen molar-refractivity contribution in [3.05, 3.63) is 20.8 Å². The Labute approximate surface area is 111 Å². The van der Waals surface area contributed by atoms with Crippen molar-refractivity contribution < 1.29 is 0 Å². The number of hydrogen-bond acceptors (Lipinski definition) is 3. The lowest BCUT2D eigenvalue weighted by Gasteiger charge is -2.25. The molecule has 0 bridgehead atoms. The molecule has 0 amide bonds. The van der Waals surface area contributed by atoms with Crippen LogP contribution in [0, 0.1) is 0 Å². The van der Waals surface area contributed by atoms with E-state index in [1.54, 1.807) is 11.3 Å². The summed E-state index contributed by atoms with van der Waals surface area (Å²) in [7, 11) is 2.18. The monoisotopic (exact) mass is 304 g/mol. The highest BCUT2D eigenvalue weighted by molar-refractivity contribution is 9.11. The van der Waals surface area contributed by atoms with E-state index < -0.39 is 0 Å². The Morgan fingerprint density at radius 3 is 2.62 bits per heavy atom. The molecule has 0 radical (unpaired) electrons. The Bertz CT molecular complexity index is 312. The molecule has 0 aliphatic carbocycles. The third-order valence-electron chi connectivity index (χ3n) is 2.63. The maximum atomic E-state index is 3.50. The number of rotatable bonds is 6. The van der Waals surface area contributed by atoms with E-state index in [0.717, 1.165) is 13.1 Å². The molecule has 92 valence electrons. The summed E-state index contributed by atoms with van der Waals surface area (Å²) in [6.45, 7) is 8.69. The topological polar surface area (TPSA) is 15.3 Å². The lowest BCUT2D eigenvalue weighted by molar-refractivity contribution is 0.239. The van der Waals surface area contributed by atoms with Crippen molar-refractivity contribution in [1.29, 1.82) is 0 Å². The van der Waals surface area contributed by atoms with E-state index in [2.05, 4.69) is 65.4 Å². The van der Waals surface area contributed by atoms with Crippen LogP contribution >= 0.6 is 27.3 Å². The standard InChI is InChI=1S/C12H21BrN2S/c1-9(2)14-6-10(3)15(4)7-11-5-12(13)16-8-11/h5,8-10,14H,6-7H2,1-4H3. The minimum atomic E-state index is 0.557. The maximum absolute atomic E-state index is 3.50. The van der Waals surface area contributed by atoms with Gasteiger partial charge in [0, 0.05) is 25.2 Å². The summed E-state index contributed by atoms with van der Waals surface area (Å²) in [5.74, 6) is 0. The molecule has 2 nitrogen and oxygen atoms in total. The second-order valence-electron chi connectivity index (χ2n) is 4.59. The van der Waals surface area contributed by atoms with Gasteiger partial charge in [-0.25, -0.2) is 0 Å². The van der Waals surface area contributed by atoms with Crippen LogP contribution in [-0.2, 0) is 6.54 Å². The van der Waals surface area contributed by atoms with Crippen molar-refractivity contribution in [3.8, 4) is 0 Å². The molecule has 0 aromatic carbocycles. The van der Waals surface area contributed by atoms with Crippen molar-refractivity contribution in [3.63, 3.8) is 0 Å². The summed E-state index contributed by atoms with van der Waals surface area (Å²) >= 11 is 5.25. The number of halogens is 1. The van der Waals surface area contributed by atoms with Crippen molar-refractivity contribution in [2.24, 2.45) is 0 Å². The van der Waals surface area contributed by atoms with Crippen molar-refractivity contribution in [2.75, 3.05) is 13.6 Å². The molecule has 0 aliphatic rings. The first-order chi connectivity index (χ1) is 7.49. The minimum absolute atomic E-state index is 0.557. The smallest absolute Gasteiger partial charge is 0.0701 e. The SMILES string of the molecule is CC(C)NCC(C)N(C)Cc1csc(Br)c1. The second kappa shape index (κ2) is 6.74. The van der Waals surface area contributed by atoms with Crippen LogP contribution in [-0.4, -0.2) is 30.6 Å². The van der Waals surface area contributed by atoms with E-state index in [4.69, 9.17) is 0 Å². The molecule has 1 atom stereocenters. The molecule has 1 aromatic heterocycles. The average Bonchev–Trinajstić information content (AvgIpc) is 2.60. The predicted octanol–water partition coefficient (Wildman–Crippen LogP) is 3.33. The first kappa shape index (κ1) is 14.2. The molecule has 0 aliphatic heterocycles. The van der Waals surface area contributed by atoms with Crippen LogP contribution in [0.5, 0.6) is 0 Å². The quantitative estimate of drug-likeness (QED) is 0.867. The Morgan fingerprint density at radius 1 is 1.44 bits per heavy atom. The average molecular weight is 305 g/mol. The summed E-state index contributed by atoms with van der Waals surface area (Å²) in [5, 5.41) is 5.68. The molecular weight excluding hydrogens is 284 g/mol. The molecular formula is C12H21BrN2S. The lowest BCUT2D eigenvalue weighted by Crippen LogP contribution is -2.39. The highest BCUT2D eigenvalue weighted by atomic mass is 79.9. The van der Waals surface area contributed by atoms with Crippen LogP contribution in [0.15, 0.2) is 15.2 Å². The molecule has 1 aromatic rings. The second-order valence-corrected chi connectivity index (χ2v) is 6.88. The Kier molecular flexibility index (Phi) is 5.97. The van der Waals surface area contributed by atoms with E-state index in [1.165, 1.54) is 9.35 Å². The number of nitrogens with one attached hydrogen (secondary N) is 1. The van der Waals surface area contributed by atoms with E-state index in [-0.39, 0.29) is 0 Å². The van der Waals surface area contributed by atoms with Gasteiger partial charge in [0.05, 0.1) is 3.79 Å². The van der Waals surface area contributed by atoms with Gasteiger partial charge in [-0.2, -0.15) is 0 Å². The lowest BCUT2D eigenvalue weighted by atomic mass is 10.2. The fraction of sp³-hybridized carbons (Fsp3) is 0.667. The summed E-state index contributed by atoms with van der Waals surface area (Å²) in [4.78, 5) is 2.38. The summed E-state index contributed by atoms with van der Waals surface area (Å²) in [5.41, 5.74) is 1.38. The van der Waals surface area contributed by atoms with E-state index in [9.17, 15) is 0 Å². The number of likely N-dealkylation sites (N-methyl/N-ethyl adjacent to an activating group) is 1. The third-order valence-corrected chi connectivity index (χ3v) is 4.18. The van der Waals surface area contributed by atoms with Crippen molar-refractivity contribution >= 4 is 27.3 Å². The largest absolute Gasteiger partial charge is 0.313 e. The molecule has 0 saturated carbocycles. The van der Waals surface area contributed by atoms with Crippen LogP contribution in [0.3, 0.4) is 0 Å². The number of nitrogens with zero attached hydrogens (tertiary/aromatic N) is 1. The molecule has 0 spiro atoms. The van der Waals surface area contributed by atoms with Gasteiger partial charge in [0.1, 0.15) is 0 Å². The fourth-order valence-corrected chi connectivity index (χ4v) is 2.63. The normalized spacial score (nSPS) is 13.7. The molecule has 1 unspecified atom stereocenters. The number of thiophene rings is 1. The highest BCUT2D eigenvalue weighted by Gasteiger charge is 2.10. The van der Waals surface area contributed by atoms with Gasteiger partial charge in [0.2, 0.25) is 0 Å². The van der Waals surface area contributed by atoms with Crippen molar-refractivity contribution in [2.45, 2.75) is 39.4 Å². The minimum Gasteiger partial charge on any atom is -0.313 e. The van der Waals surface area contributed by atoms with Gasteiger partial charge >= 0.3 is 0 Å². The van der Waals surface area contributed by atoms with Crippen LogP contribution in [0.1, 0.15) is 26.3 Å². The zero-order chi connectivity index (χ0) is 12.1. The molecule has 4 heteroatoms. The van der Waals surface area contributed by atoms with E-state index >= 15 is 0 Å². The van der Waals surface area contributed by atoms with Gasteiger partial charge < -0.3 is 5.32 Å². The highest BCUT2D eigenvalue weighted by Crippen LogP contribution is 2.21. The summed E-state index contributed by atoms with van der Waals surface area (Å²) < 4.78 is 1.21. The molecule has 0 fully saturated rings. The van der Waals surface area contributed by atoms with Gasteiger partial charge in [-0.1, -0.05) is 13.8 Å². The maximum Gasteiger partial charge on any atom is 0.0701 e. The van der Waals surface area contributed by atoms with Gasteiger partial charge in [0.15, 0.2) is 0 Å². The summed E-state index contributed by atoms with van der Waals surface area (Å²) in [6, 6.07) is 3.32. The molecule has 16 heavy (non-hydrogen) atoms. The first-order valence-electron chi connectivity index (χ1n) is 5.65. The first-order valence-corrected chi connectivity index (χ1v) is 7.33. The van der Waals surface area contributed by atoms with Crippen LogP contribution in [0.4, 0.5) is 0 Å². The van der Waals surface area contributed by atoms with Crippen LogP contribution in [0.2, 0.25) is 0 Å². The van der Waals surface area contributed by atoms with Crippen LogP contribution < -0.4 is 5.32 Å². The zero-order valence-corrected chi connectivity index (χ0v) is 12.9. The molecule has 1 heterocycles. The molecule has 1 N–H and O–H groups in total. The van der Waals surface area contributed by atoms with Gasteiger partial charge in [-0.05, 0) is 46.9 Å². The van der Waals surface area contributed by atoms with Gasteiger partial charge in [-0.3, -0.25) is 4.90 Å². The van der Waals surface area contributed by atoms with Crippen molar-refractivity contribution in [1.82, 2.24) is 10.2 Å². The number of hydrogen-bond donors (Lipinski definition) is 1. The van der Waals surface area contributed by atoms with Gasteiger partial charge in [-0.15, -0.1) is 11.3 Å². The summed E-state index contributed by atoms with van der Waals surface area (Å²) in [6.07, 6.45) is 0. The predicted molar refractivity (Wildman–Crippen MR) is 76.1 cm³/mol. The third kappa shape index (κ3) is 4.95. The Balaban J connectivity index is 2.36.